The molecule has 0 saturated carbocycles. The monoisotopic (exact) mass is 155 g/mol. The highest BCUT2D eigenvalue weighted by Gasteiger charge is 2.11. The van der Waals surface area contributed by atoms with Crippen LogP contribution in [0.25, 0.3) is 0 Å². The fourth-order valence-electron chi connectivity index (χ4n) is 0.938. The molecule has 0 spiro atoms. The van der Waals surface area contributed by atoms with Crippen molar-refractivity contribution >= 4 is 0 Å². The summed E-state index contributed by atoms with van der Waals surface area (Å²) in [5.74, 6) is 0.474. The quantitative estimate of drug-likeness (QED) is 0.681. The second-order valence-corrected chi connectivity index (χ2v) is 3.04. The molecule has 1 rings (SSSR count). The van der Waals surface area contributed by atoms with Crippen LogP contribution in [0.4, 0.5) is 0 Å². The Labute approximate surface area is 65.6 Å². The van der Waals surface area contributed by atoms with Gasteiger partial charge in [0, 0.05) is 0 Å². The zero-order valence-corrected chi connectivity index (χ0v) is 6.78. The normalized spacial score (nSPS) is 13.8. The molecule has 4 nitrogen and oxygen atoms in total. The highest BCUT2D eigenvalue weighted by molar-refractivity contribution is 4.95. The van der Waals surface area contributed by atoms with E-state index in [1.54, 1.807) is 6.20 Å². The van der Waals surface area contributed by atoms with Gasteiger partial charge in [-0.2, -0.15) is 15.4 Å². The molecule has 4 heteroatoms. The number of aromatic amines is 1. The standard InChI is InChI=1S/C7H13N3O/c1-5(2)3-7(11)6-4-8-10-9-6/h4-5,7,11H,3H2,1-2H3,(H,8,9,10). The lowest BCUT2D eigenvalue weighted by Gasteiger charge is -2.08. The lowest BCUT2D eigenvalue weighted by Crippen LogP contribution is -2.02. The van der Waals surface area contributed by atoms with Crippen LogP contribution in [0, 0.1) is 5.92 Å². The minimum atomic E-state index is -0.478. The Morgan fingerprint density at radius 1 is 1.64 bits per heavy atom. The van der Waals surface area contributed by atoms with Crippen LogP contribution in [0.3, 0.4) is 0 Å². The number of H-pyrrole nitrogens is 1. The minimum absolute atomic E-state index is 0.474. The summed E-state index contributed by atoms with van der Waals surface area (Å²) in [4.78, 5) is 0. The number of hydrogen-bond donors (Lipinski definition) is 2. The first-order chi connectivity index (χ1) is 5.20. The summed E-state index contributed by atoms with van der Waals surface area (Å²) in [6.07, 6.45) is 1.80. The Kier molecular flexibility index (Phi) is 2.59. The molecule has 0 amide bonds. The number of nitrogens with zero attached hydrogens (tertiary/aromatic N) is 2. The van der Waals surface area contributed by atoms with Gasteiger partial charge in [0.1, 0.15) is 5.69 Å². The average Bonchev–Trinajstić information content (AvgIpc) is 2.35. The molecule has 0 radical (unpaired) electrons. The van der Waals surface area contributed by atoms with E-state index >= 15 is 0 Å². The highest BCUT2D eigenvalue weighted by Crippen LogP contribution is 2.17. The van der Waals surface area contributed by atoms with E-state index in [0.717, 1.165) is 6.42 Å². The molecule has 1 aromatic rings. The number of aliphatic hydroxyl groups is 1. The van der Waals surface area contributed by atoms with E-state index in [9.17, 15) is 5.11 Å². The number of nitrogens with one attached hydrogen (secondary N) is 1. The van der Waals surface area contributed by atoms with Gasteiger partial charge in [-0.25, -0.2) is 0 Å². The molecule has 0 saturated heterocycles. The Morgan fingerprint density at radius 2 is 2.36 bits per heavy atom. The maximum atomic E-state index is 9.46. The molecule has 0 aromatic carbocycles. The van der Waals surface area contributed by atoms with Crippen LogP contribution < -0.4 is 0 Å². The van der Waals surface area contributed by atoms with E-state index in [2.05, 4.69) is 29.3 Å². The SMILES string of the molecule is CC(C)CC(O)c1cn[nH]n1. The molecule has 62 valence electrons. The highest BCUT2D eigenvalue weighted by atomic mass is 16.3. The second-order valence-electron chi connectivity index (χ2n) is 3.04. The van der Waals surface area contributed by atoms with Gasteiger partial charge < -0.3 is 5.11 Å². The van der Waals surface area contributed by atoms with Crippen molar-refractivity contribution in [2.24, 2.45) is 5.92 Å². The third kappa shape index (κ3) is 2.31. The predicted octanol–water partition coefficient (Wildman–Crippen LogP) is 0.884. The van der Waals surface area contributed by atoms with Crippen LogP contribution in [-0.2, 0) is 0 Å². The van der Waals surface area contributed by atoms with Crippen molar-refractivity contribution in [2.75, 3.05) is 0 Å². The lowest BCUT2D eigenvalue weighted by atomic mass is 10.0. The lowest BCUT2D eigenvalue weighted by molar-refractivity contribution is 0.146. The fraction of sp³-hybridized carbons (Fsp3) is 0.714. The fourth-order valence-corrected chi connectivity index (χ4v) is 0.938. The predicted molar refractivity (Wildman–Crippen MR) is 40.8 cm³/mol. The van der Waals surface area contributed by atoms with Gasteiger partial charge >= 0.3 is 0 Å². The van der Waals surface area contributed by atoms with Crippen molar-refractivity contribution < 1.29 is 5.11 Å². The third-order valence-electron chi connectivity index (χ3n) is 1.47. The van der Waals surface area contributed by atoms with Crippen LogP contribution in [0.5, 0.6) is 0 Å². The van der Waals surface area contributed by atoms with Gasteiger partial charge in [0.2, 0.25) is 0 Å². The summed E-state index contributed by atoms with van der Waals surface area (Å²) in [5, 5.41) is 19.3. The Morgan fingerprint density at radius 3 is 2.82 bits per heavy atom. The van der Waals surface area contributed by atoms with E-state index in [0.29, 0.717) is 11.6 Å². The van der Waals surface area contributed by atoms with E-state index in [1.165, 1.54) is 0 Å². The molecule has 1 heterocycles. The maximum absolute atomic E-state index is 9.46. The number of aliphatic hydroxyl groups excluding tert-OH is 1. The smallest absolute Gasteiger partial charge is 0.111 e. The minimum Gasteiger partial charge on any atom is -0.387 e. The zero-order chi connectivity index (χ0) is 8.27. The Balaban J connectivity index is 2.49. The molecule has 11 heavy (non-hydrogen) atoms. The van der Waals surface area contributed by atoms with Crippen molar-refractivity contribution in [1.29, 1.82) is 0 Å². The van der Waals surface area contributed by atoms with Crippen molar-refractivity contribution in [2.45, 2.75) is 26.4 Å². The third-order valence-corrected chi connectivity index (χ3v) is 1.47. The summed E-state index contributed by atoms with van der Waals surface area (Å²) in [6, 6.07) is 0. The van der Waals surface area contributed by atoms with E-state index < -0.39 is 6.10 Å². The van der Waals surface area contributed by atoms with E-state index in [4.69, 9.17) is 0 Å². The van der Waals surface area contributed by atoms with Crippen molar-refractivity contribution in [3.8, 4) is 0 Å². The van der Waals surface area contributed by atoms with Crippen molar-refractivity contribution in [3.63, 3.8) is 0 Å². The summed E-state index contributed by atoms with van der Waals surface area (Å²) < 4.78 is 0. The Bertz CT molecular complexity index is 195. The van der Waals surface area contributed by atoms with Gasteiger partial charge in [-0.1, -0.05) is 13.8 Å². The van der Waals surface area contributed by atoms with Gasteiger partial charge in [0.25, 0.3) is 0 Å². The van der Waals surface area contributed by atoms with Gasteiger partial charge in [0.15, 0.2) is 0 Å². The Hall–Kier alpha value is -0.900. The largest absolute Gasteiger partial charge is 0.387 e. The summed E-state index contributed by atoms with van der Waals surface area (Å²) in [5.41, 5.74) is 0.624. The van der Waals surface area contributed by atoms with Gasteiger partial charge in [-0.05, 0) is 12.3 Å². The first-order valence-corrected chi connectivity index (χ1v) is 3.74. The molecule has 0 aliphatic heterocycles. The molecule has 1 unspecified atom stereocenters. The summed E-state index contributed by atoms with van der Waals surface area (Å²) >= 11 is 0. The van der Waals surface area contributed by atoms with E-state index in [-0.39, 0.29) is 0 Å². The molecular formula is C7H13N3O. The van der Waals surface area contributed by atoms with Crippen LogP contribution in [0.1, 0.15) is 32.1 Å². The summed E-state index contributed by atoms with van der Waals surface area (Å²) in [7, 11) is 0. The zero-order valence-electron chi connectivity index (χ0n) is 6.78. The van der Waals surface area contributed by atoms with Gasteiger partial charge in [-0.3, -0.25) is 0 Å². The maximum Gasteiger partial charge on any atom is 0.111 e. The molecule has 0 aliphatic carbocycles. The first kappa shape index (κ1) is 8.20. The summed E-state index contributed by atoms with van der Waals surface area (Å²) in [6.45, 7) is 4.12. The van der Waals surface area contributed by atoms with Crippen molar-refractivity contribution in [1.82, 2.24) is 15.4 Å². The molecule has 0 aliphatic rings. The van der Waals surface area contributed by atoms with Crippen LogP contribution in [-0.4, -0.2) is 20.5 Å². The first-order valence-electron chi connectivity index (χ1n) is 3.74. The topological polar surface area (TPSA) is 61.8 Å². The molecule has 0 fully saturated rings. The molecular weight excluding hydrogens is 142 g/mol. The molecule has 2 N–H and O–H groups in total. The van der Waals surface area contributed by atoms with Crippen LogP contribution in [0.15, 0.2) is 6.20 Å². The average molecular weight is 155 g/mol. The molecule has 1 atom stereocenters. The van der Waals surface area contributed by atoms with Crippen LogP contribution in [0.2, 0.25) is 0 Å². The molecule has 1 aromatic heterocycles. The second kappa shape index (κ2) is 3.48. The van der Waals surface area contributed by atoms with Crippen LogP contribution >= 0.6 is 0 Å². The van der Waals surface area contributed by atoms with Crippen molar-refractivity contribution in [3.05, 3.63) is 11.9 Å². The van der Waals surface area contributed by atoms with E-state index in [1.807, 2.05) is 0 Å². The number of rotatable bonds is 3. The molecule has 0 bridgehead atoms. The number of hydrogen-bond acceptors (Lipinski definition) is 3. The van der Waals surface area contributed by atoms with Gasteiger partial charge in [0.05, 0.1) is 12.3 Å². The number of aromatic nitrogens is 3. The van der Waals surface area contributed by atoms with Gasteiger partial charge in [-0.15, -0.1) is 0 Å².